The molecule has 1 fully saturated rings. The van der Waals surface area contributed by atoms with Gasteiger partial charge >= 0.3 is 0 Å². The zero-order valence-corrected chi connectivity index (χ0v) is 10.7. The summed E-state index contributed by atoms with van der Waals surface area (Å²) in [5, 5.41) is 3.28. The zero-order valence-electron chi connectivity index (χ0n) is 10.7. The summed E-state index contributed by atoms with van der Waals surface area (Å²) in [6.45, 7) is 2.63. The van der Waals surface area contributed by atoms with Crippen molar-refractivity contribution in [2.75, 3.05) is 26.0 Å². The number of likely N-dealkylation sites (N-methyl/N-ethyl adjacent to an activating group) is 1. The van der Waals surface area contributed by atoms with Crippen LogP contribution in [0.3, 0.4) is 0 Å². The lowest BCUT2D eigenvalue weighted by atomic mass is 9.75. The van der Waals surface area contributed by atoms with Crippen molar-refractivity contribution in [3.8, 4) is 0 Å². The van der Waals surface area contributed by atoms with Gasteiger partial charge in [0.1, 0.15) is 11.6 Å². The number of aryl methyl sites for hydroxylation is 1. The van der Waals surface area contributed by atoms with Crippen molar-refractivity contribution in [1.29, 1.82) is 0 Å². The van der Waals surface area contributed by atoms with Crippen LogP contribution in [0.4, 0.5) is 5.82 Å². The van der Waals surface area contributed by atoms with Crippen molar-refractivity contribution in [1.82, 2.24) is 14.9 Å². The van der Waals surface area contributed by atoms with Gasteiger partial charge in [0.25, 0.3) is 5.56 Å². The topological polar surface area (TPSA) is 61.0 Å². The van der Waals surface area contributed by atoms with Crippen LogP contribution in [0.15, 0.2) is 10.9 Å². The van der Waals surface area contributed by atoms with Crippen LogP contribution in [-0.2, 0) is 0 Å². The van der Waals surface area contributed by atoms with Crippen LogP contribution < -0.4 is 10.9 Å². The molecule has 1 heterocycles. The molecule has 0 spiro atoms. The largest absolute Gasteiger partial charge is 0.368 e. The SMILES string of the molecule is Cc1nc(NCC2(N(C)C)CCC2)cc(=O)[nH]1. The van der Waals surface area contributed by atoms with E-state index in [1.54, 1.807) is 6.92 Å². The van der Waals surface area contributed by atoms with Crippen molar-refractivity contribution in [3.63, 3.8) is 0 Å². The van der Waals surface area contributed by atoms with Gasteiger partial charge in [-0.1, -0.05) is 0 Å². The molecular weight excluding hydrogens is 216 g/mol. The maximum Gasteiger partial charge on any atom is 0.252 e. The van der Waals surface area contributed by atoms with Crippen LogP contribution in [0.1, 0.15) is 25.1 Å². The number of nitrogens with one attached hydrogen (secondary N) is 2. The van der Waals surface area contributed by atoms with E-state index in [4.69, 9.17) is 0 Å². The molecule has 5 nitrogen and oxygen atoms in total. The molecule has 94 valence electrons. The summed E-state index contributed by atoms with van der Waals surface area (Å²) in [5.41, 5.74) is 0.130. The molecule has 17 heavy (non-hydrogen) atoms. The minimum atomic E-state index is -0.104. The molecule has 0 atom stereocenters. The molecule has 0 aromatic carbocycles. The van der Waals surface area contributed by atoms with E-state index in [0.29, 0.717) is 11.6 Å². The standard InChI is InChI=1S/C12H20N4O/c1-9-14-10(7-11(17)15-9)13-8-12(16(2)3)5-4-6-12/h7H,4-6,8H2,1-3H3,(H2,13,14,15,17). The molecule has 0 radical (unpaired) electrons. The van der Waals surface area contributed by atoms with Gasteiger partial charge in [0.2, 0.25) is 0 Å². The summed E-state index contributed by atoms with van der Waals surface area (Å²) < 4.78 is 0. The summed E-state index contributed by atoms with van der Waals surface area (Å²) in [5.74, 6) is 1.31. The fraction of sp³-hybridized carbons (Fsp3) is 0.667. The lowest BCUT2D eigenvalue weighted by molar-refractivity contribution is 0.0738. The van der Waals surface area contributed by atoms with E-state index in [0.717, 1.165) is 6.54 Å². The first-order valence-electron chi connectivity index (χ1n) is 6.01. The fourth-order valence-corrected chi connectivity index (χ4v) is 2.29. The van der Waals surface area contributed by atoms with E-state index in [1.165, 1.54) is 25.3 Å². The summed E-state index contributed by atoms with van der Waals surface area (Å²) in [7, 11) is 4.22. The Morgan fingerprint density at radius 2 is 2.24 bits per heavy atom. The Balaban J connectivity index is 2.04. The van der Waals surface area contributed by atoms with Crippen LogP contribution >= 0.6 is 0 Å². The summed E-state index contributed by atoms with van der Waals surface area (Å²) in [6, 6.07) is 1.51. The molecule has 1 aromatic rings. The highest BCUT2D eigenvalue weighted by Gasteiger charge is 2.38. The first kappa shape index (κ1) is 12.1. The Morgan fingerprint density at radius 3 is 2.71 bits per heavy atom. The summed E-state index contributed by atoms with van der Waals surface area (Å²) in [4.78, 5) is 20.5. The van der Waals surface area contributed by atoms with Gasteiger partial charge in [-0.3, -0.25) is 4.79 Å². The molecular formula is C12H20N4O. The molecule has 1 saturated carbocycles. The number of aromatic nitrogens is 2. The lowest BCUT2D eigenvalue weighted by Crippen LogP contribution is -2.54. The number of rotatable bonds is 4. The predicted octanol–water partition coefficient (Wildman–Crippen LogP) is 0.975. The van der Waals surface area contributed by atoms with Gasteiger partial charge in [0.15, 0.2) is 0 Å². The van der Waals surface area contributed by atoms with Crippen LogP contribution in [0.25, 0.3) is 0 Å². The fourth-order valence-electron chi connectivity index (χ4n) is 2.29. The van der Waals surface area contributed by atoms with Crippen molar-refractivity contribution >= 4 is 5.82 Å². The molecule has 0 amide bonds. The minimum absolute atomic E-state index is 0.104. The van der Waals surface area contributed by atoms with Gasteiger partial charge in [-0.2, -0.15) is 0 Å². The number of H-pyrrole nitrogens is 1. The molecule has 5 heteroatoms. The van der Waals surface area contributed by atoms with Gasteiger partial charge < -0.3 is 15.2 Å². The number of hydrogen-bond acceptors (Lipinski definition) is 4. The molecule has 1 aliphatic carbocycles. The van der Waals surface area contributed by atoms with E-state index >= 15 is 0 Å². The predicted molar refractivity (Wildman–Crippen MR) is 68.4 cm³/mol. The molecule has 1 aliphatic rings. The monoisotopic (exact) mass is 236 g/mol. The second-order valence-electron chi connectivity index (χ2n) is 5.04. The first-order valence-corrected chi connectivity index (χ1v) is 6.01. The summed E-state index contributed by atoms with van der Waals surface area (Å²) >= 11 is 0. The average Bonchev–Trinajstić information content (AvgIpc) is 2.13. The highest BCUT2D eigenvalue weighted by atomic mass is 16.1. The van der Waals surface area contributed by atoms with Gasteiger partial charge in [0, 0.05) is 18.2 Å². The molecule has 0 unspecified atom stereocenters. The Kier molecular flexibility index (Phi) is 3.19. The maximum absolute atomic E-state index is 11.3. The van der Waals surface area contributed by atoms with Crippen molar-refractivity contribution in [2.45, 2.75) is 31.7 Å². The lowest BCUT2D eigenvalue weighted by Gasteiger charge is -2.47. The van der Waals surface area contributed by atoms with Crippen LogP contribution in [0.2, 0.25) is 0 Å². The molecule has 0 bridgehead atoms. The second-order valence-corrected chi connectivity index (χ2v) is 5.04. The maximum atomic E-state index is 11.3. The quantitative estimate of drug-likeness (QED) is 0.818. The van der Waals surface area contributed by atoms with E-state index in [9.17, 15) is 4.79 Å². The summed E-state index contributed by atoms with van der Waals surface area (Å²) in [6.07, 6.45) is 3.69. The normalized spacial score (nSPS) is 17.9. The third-order valence-corrected chi connectivity index (χ3v) is 3.69. The van der Waals surface area contributed by atoms with E-state index in [-0.39, 0.29) is 11.1 Å². The number of aromatic amines is 1. The van der Waals surface area contributed by atoms with Crippen LogP contribution in [-0.4, -0.2) is 41.0 Å². The zero-order chi connectivity index (χ0) is 12.5. The first-order chi connectivity index (χ1) is 8.02. The Bertz CT molecular complexity index is 448. The average molecular weight is 236 g/mol. The Hall–Kier alpha value is -1.36. The van der Waals surface area contributed by atoms with Crippen molar-refractivity contribution in [2.24, 2.45) is 0 Å². The van der Waals surface area contributed by atoms with Gasteiger partial charge in [0.05, 0.1) is 0 Å². The number of anilines is 1. The highest BCUT2D eigenvalue weighted by Crippen LogP contribution is 2.35. The highest BCUT2D eigenvalue weighted by molar-refractivity contribution is 5.34. The minimum Gasteiger partial charge on any atom is -0.368 e. The van der Waals surface area contributed by atoms with E-state index in [2.05, 4.69) is 34.3 Å². The molecule has 0 saturated heterocycles. The Morgan fingerprint density at radius 1 is 1.53 bits per heavy atom. The number of hydrogen-bond donors (Lipinski definition) is 2. The van der Waals surface area contributed by atoms with Crippen molar-refractivity contribution in [3.05, 3.63) is 22.2 Å². The van der Waals surface area contributed by atoms with E-state index < -0.39 is 0 Å². The van der Waals surface area contributed by atoms with Gasteiger partial charge in [-0.25, -0.2) is 4.98 Å². The second kappa shape index (κ2) is 4.49. The molecule has 2 N–H and O–H groups in total. The molecule has 0 aliphatic heterocycles. The third kappa shape index (κ3) is 2.49. The molecule has 2 rings (SSSR count). The third-order valence-electron chi connectivity index (χ3n) is 3.69. The van der Waals surface area contributed by atoms with Gasteiger partial charge in [-0.15, -0.1) is 0 Å². The smallest absolute Gasteiger partial charge is 0.252 e. The van der Waals surface area contributed by atoms with Gasteiger partial charge in [-0.05, 0) is 40.3 Å². The van der Waals surface area contributed by atoms with Crippen LogP contribution in [0, 0.1) is 6.92 Å². The molecule has 1 aromatic heterocycles. The Labute approximate surface area is 101 Å². The van der Waals surface area contributed by atoms with Crippen LogP contribution in [0.5, 0.6) is 0 Å². The van der Waals surface area contributed by atoms with E-state index in [1.807, 2.05) is 0 Å². The van der Waals surface area contributed by atoms with Crippen molar-refractivity contribution < 1.29 is 0 Å². The number of nitrogens with zero attached hydrogens (tertiary/aromatic N) is 2.